The highest BCUT2D eigenvalue weighted by Crippen LogP contribution is 2.26. The van der Waals surface area contributed by atoms with E-state index in [0.29, 0.717) is 37.7 Å². The molecule has 1 aromatic carbocycles. The fourth-order valence-electron chi connectivity index (χ4n) is 3.82. The van der Waals surface area contributed by atoms with Crippen LogP contribution in [0.15, 0.2) is 46.9 Å². The Morgan fingerprint density at radius 2 is 1.88 bits per heavy atom. The number of aromatic nitrogens is 2. The normalized spacial score (nSPS) is 14.2. The summed E-state index contributed by atoms with van der Waals surface area (Å²) in [7, 11) is 0. The van der Waals surface area contributed by atoms with Crippen molar-refractivity contribution in [1.29, 1.82) is 5.26 Å². The third-order valence-electron chi connectivity index (χ3n) is 5.40. The van der Waals surface area contributed by atoms with Crippen molar-refractivity contribution >= 4 is 17.6 Å². The molecular formula is C25H24N4O4. The lowest BCUT2D eigenvalue weighted by atomic mass is 10.1. The molecule has 3 aromatic rings. The van der Waals surface area contributed by atoms with Crippen LogP contribution in [0.4, 0.5) is 0 Å². The number of hydrogen-bond donors (Lipinski definition) is 0. The minimum atomic E-state index is -0.452. The van der Waals surface area contributed by atoms with Crippen LogP contribution in [-0.4, -0.2) is 46.5 Å². The Hall–Kier alpha value is -3.96. The number of nitriles is 1. The van der Waals surface area contributed by atoms with Gasteiger partial charge in [-0.05, 0) is 61.7 Å². The zero-order valence-electron chi connectivity index (χ0n) is 18.8. The minimum absolute atomic E-state index is 0.0374. The van der Waals surface area contributed by atoms with E-state index in [2.05, 4.69) is 4.98 Å². The van der Waals surface area contributed by atoms with Crippen molar-refractivity contribution in [3.63, 3.8) is 0 Å². The molecule has 0 atom stereocenters. The number of carbonyl (C=O) groups is 1. The second-order valence-corrected chi connectivity index (χ2v) is 8.02. The van der Waals surface area contributed by atoms with Crippen molar-refractivity contribution < 1.29 is 14.3 Å². The van der Waals surface area contributed by atoms with Crippen molar-refractivity contribution in [1.82, 2.24) is 14.3 Å². The summed E-state index contributed by atoms with van der Waals surface area (Å²) in [6.45, 7) is 7.33. The van der Waals surface area contributed by atoms with Crippen LogP contribution in [0.25, 0.3) is 11.7 Å². The number of pyridine rings is 1. The van der Waals surface area contributed by atoms with Crippen molar-refractivity contribution in [3.05, 3.63) is 74.7 Å². The minimum Gasteiger partial charge on any atom is -0.438 e. The van der Waals surface area contributed by atoms with Gasteiger partial charge in [-0.15, -0.1) is 0 Å². The lowest BCUT2D eigenvalue weighted by molar-refractivity contribution is -0.130. The van der Waals surface area contributed by atoms with Gasteiger partial charge in [-0.1, -0.05) is 12.1 Å². The van der Waals surface area contributed by atoms with E-state index in [4.69, 9.17) is 9.47 Å². The molecule has 1 saturated heterocycles. The molecule has 8 heteroatoms. The van der Waals surface area contributed by atoms with E-state index in [1.165, 1.54) is 10.5 Å². The van der Waals surface area contributed by atoms with Crippen molar-refractivity contribution in [2.24, 2.45) is 0 Å². The average Bonchev–Trinajstić information content (AvgIpc) is 2.79. The largest absolute Gasteiger partial charge is 0.438 e. The Balaban J connectivity index is 1.88. The molecule has 0 spiro atoms. The first-order valence-corrected chi connectivity index (χ1v) is 10.6. The number of aryl methyl sites for hydroxylation is 3. The van der Waals surface area contributed by atoms with Crippen LogP contribution in [0.1, 0.15) is 22.3 Å². The number of fused-ring (bicyclic) bond motifs is 1. The maximum absolute atomic E-state index is 13.4. The van der Waals surface area contributed by atoms with Gasteiger partial charge >= 0.3 is 0 Å². The van der Waals surface area contributed by atoms with Gasteiger partial charge in [-0.2, -0.15) is 10.2 Å². The molecule has 8 nitrogen and oxygen atoms in total. The summed E-state index contributed by atoms with van der Waals surface area (Å²) in [4.78, 5) is 32.5. The van der Waals surface area contributed by atoms with E-state index in [0.717, 1.165) is 16.7 Å². The van der Waals surface area contributed by atoms with Crippen LogP contribution in [0.5, 0.6) is 11.6 Å². The smallest absolute Gasteiger partial charge is 0.269 e. The molecule has 0 N–H and O–H groups in total. The molecule has 0 aliphatic carbocycles. The molecule has 33 heavy (non-hydrogen) atoms. The summed E-state index contributed by atoms with van der Waals surface area (Å²) in [6, 6.07) is 11.2. The molecule has 1 aliphatic rings. The van der Waals surface area contributed by atoms with E-state index < -0.39 is 11.5 Å². The maximum atomic E-state index is 13.4. The van der Waals surface area contributed by atoms with Gasteiger partial charge in [-0.3, -0.25) is 14.0 Å². The van der Waals surface area contributed by atoms with Gasteiger partial charge in [0.05, 0.1) is 13.2 Å². The van der Waals surface area contributed by atoms with Crippen molar-refractivity contribution in [2.75, 3.05) is 26.3 Å². The Morgan fingerprint density at radius 1 is 1.18 bits per heavy atom. The molecular weight excluding hydrogens is 420 g/mol. The van der Waals surface area contributed by atoms with Gasteiger partial charge in [-0.25, -0.2) is 0 Å². The molecule has 1 amide bonds. The number of morpholine rings is 1. The third-order valence-corrected chi connectivity index (χ3v) is 5.40. The van der Waals surface area contributed by atoms with Crippen LogP contribution in [-0.2, 0) is 9.53 Å². The number of hydrogen-bond acceptors (Lipinski definition) is 6. The van der Waals surface area contributed by atoms with E-state index in [-0.39, 0.29) is 17.0 Å². The van der Waals surface area contributed by atoms with E-state index in [1.54, 1.807) is 17.2 Å². The Kier molecular flexibility index (Phi) is 6.24. The fraction of sp³-hybridized carbons (Fsp3) is 0.280. The average molecular weight is 444 g/mol. The summed E-state index contributed by atoms with van der Waals surface area (Å²) in [5, 5.41) is 9.72. The maximum Gasteiger partial charge on any atom is 0.269 e. The van der Waals surface area contributed by atoms with Crippen LogP contribution in [0, 0.1) is 32.1 Å². The topological polar surface area (TPSA) is 96.9 Å². The zero-order valence-corrected chi connectivity index (χ0v) is 18.8. The molecule has 0 bridgehead atoms. The highest BCUT2D eigenvalue weighted by Gasteiger charge is 2.23. The predicted octanol–water partition coefficient (Wildman–Crippen LogP) is 3.18. The molecule has 0 saturated carbocycles. The fourth-order valence-corrected chi connectivity index (χ4v) is 3.82. The second-order valence-electron chi connectivity index (χ2n) is 8.02. The van der Waals surface area contributed by atoms with E-state index in [9.17, 15) is 14.9 Å². The zero-order chi connectivity index (χ0) is 23.5. The molecule has 0 radical (unpaired) electrons. The summed E-state index contributed by atoms with van der Waals surface area (Å²) in [5.41, 5.74) is 2.68. The van der Waals surface area contributed by atoms with E-state index >= 15 is 0 Å². The Morgan fingerprint density at radius 3 is 2.55 bits per heavy atom. The van der Waals surface area contributed by atoms with Crippen LogP contribution >= 0.6 is 0 Å². The van der Waals surface area contributed by atoms with Crippen LogP contribution in [0.2, 0.25) is 0 Å². The third kappa shape index (κ3) is 4.64. The first-order chi connectivity index (χ1) is 15.9. The first-order valence-electron chi connectivity index (χ1n) is 10.6. The molecule has 1 fully saturated rings. The highest BCUT2D eigenvalue weighted by molar-refractivity contribution is 6.02. The van der Waals surface area contributed by atoms with Crippen LogP contribution < -0.4 is 10.3 Å². The molecule has 0 unspecified atom stereocenters. The predicted molar refractivity (Wildman–Crippen MR) is 123 cm³/mol. The summed E-state index contributed by atoms with van der Waals surface area (Å²) in [6.07, 6.45) is 2.88. The molecule has 2 aromatic heterocycles. The standard InChI is InChI=1S/C25H24N4O4/c1-16-11-17(2)13-20(12-16)33-23-21(25(31)29-6-4-5-18(3)22(29)27-23)14-19(15-26)24(30)28-7-9-32-10-8-28/h4-6,11-14H,7-10H2,1-3H3. The number of carbonyl (C=O) groups excluding carboxylic acids is 1. The molecule has 3 heterocycles. The van der Waals surface area contributed by atoms with Gasteiger partial charge in [0.15, 0.2) is 0 Å². The Labute approximate surface area is 191 Å². The summed E-state index contributed by atoms with van der Waals surface area (Å²) >= 11 is 0. The van der Waals surface area contributed by atoms with Gasteiger partial charge in [0.1, 0.15) is 28.6 Å². The van der Waals surface area contributed by atoms with Gasteiger partial charge in [0.2, 0.25) is 5.88 Å². The molecule has 4 rings (SSSR count). The highest BCUT2D eigenvalue weighted by atomic mass is 16.5. The summed E-state index contributed by atoms with van der Waals surface area (Å²) < 4.78 is 12.7. The Bertz CT molecular complexity index is 1340. The first kappa shape index (κ1) is 22.2. The second kappa shape index (κ2) is 9.27. The molecule has 1 aliphatic heterocycles. The SMILES string of the molecule is Cc1cc(C)cc(Oc2nc3c(C)cccn3c(=O)c2C=C(C#N)C(=O)N2CCOCC2)c1. The quantitative estimate of drug-likeness (QED) is 0.453. The van der Waals surface area contributed by atoms with Gasteiger partial charge in [0.25, 0.3) is 11.5 Å². The lowest BCUT2D eigenvalue weighted by Gasteiger charge is -2.26. The number of rotatable bonds is 4. The van der Waals surface area contributed by atoms with Crippen molar-refractivity contribution in [3.8, 4) is 17.7 Å². The van der Waals surface area contributed by atoms with Crippen molar-refractivity contribution in [2.45, 2.75) is 20.8 Å². The van der Waals surface area contributed by atoms with Gasteiger partial charge < -0.3 is 14.4 Å². The number of amides is 1. The summed E-state index contributed by atoms with van der Waals surface area (Å²) in [5.74, 6) is 0.110. The number of ether oxygens (including phenoxy) is 2. The van der Waals surface area contributed by atoms with E-state index in [1.807, 2.05) is 51.1 Å². The number of nitrogens with zero attached hydrogens (tertiary/aromatic N) is 4. The van der Waals surface area contributed by atoms with Gasteiger partial charge in [0, 0.05) is 19.3 Å². The lowest BCUT2D eigenvalue weighted by Crippen LogP contribution is -2.41. The monoisotopic (exact) mass is 444 g/mol. The van der Waals surface area contributed by atoms with Crippen LogP contribution in [0.3, 0.4) is 0 Å². The molecule has 168 valence electrons. The number of benzene rings is 1.